The van der Waals surface area contributed by atoms with Crippen molar-refractivity contribution in [3.8, 4) is 67.5 Å². The SMILES string of the molecule is [2H]c1c([2H])c([2H])c(-c2nc(-c3ccc(-c4ccccc4)cc3)nc(-c3cccc4oc5cccc(-c6cccc(-c7ccccc7)c6)c5c34)n2)c([2H])c1[2H]. The van der Waals surface area contributed by atoms with Crippen molar-refractivity contribution in [1.82, 2.24) is 15.0 Å². The van der Waals surface area contributed by atoms with Gasteiger partial charge in [0.25, 0.3) is 0 Å². The highest BCUT2D eigenvalue weighted by atomic mass is 16.3. The predicted octanol–water partition coefficient (Wildman–Crippen LogP) is 11.8. The van der Waals surface area contributed by atoms with Gasteiger partial charge in [-0.15, -0.1) is 0 Å². The molecule has 0 atom stereocenters. The first-order chi connectivity index (χ1) is 26.4. The Morgan fingerprint density at radius 3 is 1.55 bits per heavy atom. The fraction of sp³-hybridized carbons (Fsp3) is 0. The van der Waals surface area contributed by atoms with Gasteiger partial charge >= 0.3 is 0 Å². The van der Waals surface area contributed by atoms with Crippen molar-refractivity contribution in [2.45, 2.75) is 0 Å². The Hall–Kier alpha value is -6.65. The van der Waals surface area contributed by atoms with Crippen LogP contribution in [0, 0.1) is 0 Å². The lowest BCUT2D eigenvalue weighted by atomic mass is 9.94. The maximum Gasteiger partial charge on any atom is 0.164 e. The van der Waals surface area contributed by atoms with Gasteiger partial charge in [0, 0.05) is 27.5 Å². The first-order valence-electron chi connectivity index (χ1n) is 18.5. The molecule has 230 valence electrons. The number of nitrogens with zero attached hydrogens (tertiary/aromatic N) is 3. The number of fused-ring (bicyclic) bond motifs is 3. The second-order valence-electron chi connectivity index (χ2n) is 11.7. The molecule has 4 nitrogen and oxygen atoms in total. The van der Waals surface area contributed by atoms with Gasteiger partial charge in [0.05, 0.1) is 6.85 Å². The molecule has 0 saturated carbocycles. The third kappa shape index (κ3) is 5.35. The van der Waals surface area contributed by atoms with Gasteiger partial charge in [-0.2, -0.15) is 0 Å². The summed E-state index contributed by atoms with van der Waals surface area (Å²) in [6, 6.07) is 45.9. The van der Waals surface area contributed by atoms with Gasteiger partial charge in [-0.05, 0) is 51.6 Å². The minimum absolute atomic E-state index is 0.0280. The normalized spacial score (nSPS) is 12.7. The highest BCUT2D eigenvalue weighted by Crippen LogP contribution is 2.42. The van der Waals surface area contributed by atoms with Gasteiger partial charge in [0.1, 0.15) is 11.2 Å². The van der Waals surface area contributed by atoms with Crippen molar-refractivity contribution in [3.05, 3.63) is 176 Å². The first-order valence-corrected chi connectivity index (χ1v) is 16.0. The molecule has 0 radical (unpaired) electrons. The molecule has 0 bridgehead atoms. The molecule has 4 heteroatoms. The highest BCUT2D eigenvalue weighted by molar-refractivity contribution is 6.17. The number of benzene rings is 7. The molecule has 2 aromatic heterocycles. The first kappa shape index (κ1) is 23.6. The molecular weight excluding hydrogens is 599 g/mol. The maximum atomic E-state index is 8.78. The molecule has 2 heterocycles. The van der Waals surface area contributed by atoms with Gasteiger partial charge in [-0.25, -0.2) is 15.0 Å². The van der Waals surface area contributed by atoms with E-state index in [1.807, 2.05) is 109 Å². The summed E-state index contributed by atoms with van der Waals surface area (Å²) in [5, 5.41) is 1.67. The topological polar surface area (TPSA) is 51.8 Å². The van der Waals surface area contributed by atoms with Gasteiger partial charge in [-0.1, -0.05) is 158 Å². The van der Waals surface area contributed by atoms with Gasteiger partial charge in [0.2, 0.25) is 0 Å². The molecule has 0 aliphatic carbocycles. The van der Waals surface area contributed by atoms with Crippen LogP contribution < -0.4 is 0 Å². The molecule has 9 rings (SSSR count). The van der Waals surface area contributed by atoms with E-state index in [1.54, 1.807) is 0 Å². The van der Waals surface area contributed by atoms with Crippen molar-refractivity contribution in [1.29, 1.82) is 0 Å². The molecule has 49 heavy (non-hydrogen) atoms. The van der Waals surface area contributed by atoms with Crippen LogP contribution in [0.2, 0.25) is 0 Å². The van der Waals surface area contributed by atoms with E-state index in [2.05, 4.69) is 36.4 Å². The fourth-order valence-electron chi connectivity index (χ4n) is 6.33. The molecule has 9 aromatic rings. The monoisotopic (exact) mass is 632 g/mol. The van der Waals surface area contributed by atoms with E-state index in [-0.39, 0.29) is 17.2 Å². The number of aromatic nitrogens is 3. The molecule has 0 unspecified atom stereocenters. The predicted molar refractivity (Wildman–Crippen MR) is 200 cm³/mol. The van der Waals surface area contributed by atoms with Crippen LogP contribution in [0.1, 0.15) is 6.85 Å². The van der Waals surface area contributed by atoms with Crippen LogP contribution in [0.4, 0.5) is 0 Å². The number of furan rings is 1. The summed E-state index contributed by atoms with van der Waals surface area (Å²) in [6.45, 7) is 0. The van der Waals surface area contributed by atoms with Crippen LogP contribution in [0.25, 0.3) is 89.5 Å². The molecule has 0 aliphatic heterocycles. The van der Waals surface area contributed by atoms with E-state index in [0.717, 1.165) is 44.2 Å². The quantitative estimate of drug-likeness (QED) is 0.183. The Labute approximate surface area is 291 Å². The minimum atomic E-state index is -0.488. The summed E-state index contributed by atoms with van der Waals surface area (Å²) in [4.78, 5) is 14.6. The van der Waals surface area contributed by atoms with Gasteiger partial charge < -0.3 is 4.42 Å². The zero-order valence-electron chi connectivity index (χ0n) is 31.1. The van der Waals surface area contributed by atoms with Crippen LogP contribution in [0.5, 0.6) is 0 Å². The molecule has 0 saturated heterocycles. The second kappa shape index (κ2) is 12.2. The molecule has 0 fully saturated rings. The lowest BCUT2D eigenvalue weighted by Crippen LogP contribution is -2.00. The largest absolute Gasteiger partial charge is 0.456 e. The lowest BCUT2D eigenvalue weighted by molar-refractivity contribution is 0.669. The average Bonchev–Trinajstić information content (AvgIpc) is 3.62. The Morgan fingerprint density at radius 2 is 0.857 bits per heavy atom. The second-order valence-corrected chi connectivity index (χ2v) is 11.7. The molecule has 0 amide bonds. The van der Waals surface area contributed by atoms with Gasteiger partial charge in [-0.3, -0.25) is 0 Å². The van der Waals surface area contributed by atoms with Crippen molar-refractivity contribution in [2.24, 2.45) is 0 Å². The standard InChI is InChI=1S/C45H29N3O/c1-4-13-30(14-5-1)32-25-27-34(28-26-32)44-46-43(33-17-8-3-9-18-33)47-45(48-44)38-22-12-24-40-42(38)41-37(21-11-23-39(41)49-40)36-20-10-19-35(29-36)31-15-6-2-7-16-31/h1-29H/i3D,8D,9D,17D,18D. The Morgan fingerprint density at radius 1 is 0.367 bits per heavy atom. The number of rotatable bonds is 6. The zero-order chi connectivity index (χ0) is 36.9. The smallest absolute Gasteiger partial charge is 0.164 e. The highest BCUT2D eigenvalue weighted by Gasteiger charge is 2.20. The van der Waals surface area contributed by atoms with E-state index in [9.17, 15) is 0 Å². The van der Waals surface area contributed by atoms with Crippen LogP contribution in [0.3, 0.4) is 0 Å². The third-order valence-corrected chi connectivity index (χ3v) is 8.65. The summed E-state index contributed by atoms with van der Waals surface area (Å²) in [7, 11) is 0. The van der Waals surface area contributed by atoms with Crippen molar-refractivity contribution in [2.75, 3.05) is 0 Å². The Bertz CT molecular complexity index is 2850. The Balaban J connectivity index is 1.28. The Kier molecular flexibility index (Phi) is 5.87. The van der Waals surface area contributed by atoms with E-state index in [1.165, 1.54) is 0 Å². The van der Waals surface area contributed by atoms with Crippen molar-refractivity contribution in [3.63, 3.8) is 0 Å². The average molecular weight is 633 g/mol. The van der Waals surface area contributed by atoms with Crippen LogP contribution in [0.15, 0.2) is 180 Å². The summed E-state index contributed by atoms with van der Waals surface area (Å²) in [6.07, 6.45) is 0. The van der Waals surface area contributed by atoms with Crippen LogP contribution in [-0.2, 0) is 0 Å². The van der Waals surface area contributed by atoms with Gasteiger partial charge in [0.15, 0.2) is 17.5 Å². The molecule has 7 aromatic carbocycles. The minimum Gasteiger partial charge on any atom is -0.456 e. The summed E-state index contributed by atoms with van der Waals surface area (Å²) >= 11 is 0. The summed E-state index contributed by atoms with van der Waals surface area (Å²) < 4.78 is 49.0. The van der Waals surface area contributed by atoms with Crippen LogP contribution in [-0.4, -0.2) is 15.0 Å². The van der Waals surface area contributed by atoms with E-state index < -0.39 is 30.2 Å². The van der Waals surface area contributed by atoms with E-state index in [4.69, 9.17) is 26.2 Å². The molecule has 0 aliphatic rings. The third-order valence-electron chi connectivity index (χ3n) is 8.65. The molecular formula is C45H29N3O. The number of hydrogen-bond donors (Lipinski definition) is 0. The van der Waals surface area contributed by atoms with Crippen molar-refractivity contribution >= 4 is 21.9 Å². The molecule has 0 spiro atoms. The van der Waals surface area contributed by atoms with Crippen LogP contribution >= 0.6 is 0 Å². The molecule has 0 N–H and O–H groups in total. The van der Waals surface area contributed by atoms with Crippen molar-refractivity contribution < 1.29 is 11.3 Å². The summed E-state index contributed by atoms with van der Waals surface area (Å²) in [5.41, 5.74) is 8.79. The zero-order valence-corrected chi connectivity index (χ0v) is 26.1. The lowest BCUT2D eigenvalue weighted by Gasteiger charge is -2.11. The maximum absolute atomic E-state index is 8.78. The van der Waals surface area contributed by atoms with E-state index in [0.29, 0.717) is 28.1 Å². The number of hydrogen-bond acceptors (Lipinski definition) is 4. The fourth-order valence-corrected chi connectivity index (χ4v) is 6.33. The summed E-state index contributed by atoms with van der Waals surface area (Å²) in [5.74, 6) is 0.539. The van der Waals surface area contributed by atoms with E-state index >= 15 is 0 Å².